The first kappa shape index (κ1) is 17.0. The van der Waals surface area contributed by atoms with Gasteiger partial charge in [-0.25, -0.2) is 9.67 Å². The number of aromatic nitrogens is 3. The Balaban J connectivity index is 1.89. The van der Waals surface area contributed by atoms with Crippen molar-refractivity contribution in [3.05, 3.63) is 58.7 Å². The zero-order chi connectivity index (χ0) is 17.8. The van der Waals surface area contributed by atoms with E-state index in [0.717, 1.165) is 11.3 Å². The summed E-state index contributed by atoms with van der Waals surface area (Å²) in [5.41, 5.74) is 6.45. The maximum absolute atomic E-state index is 11.5. The van der Waals surface area contributed by atoms with Gasteiger partial charge in [-0.15, -0.1) is 11.3 Å². The summed E-state index contributed by atoms with van der Waals surface area (Å²) < 4.78 is 1.78. The van der Waals surface area contributed by atoms with E-state index < -0.39 is 5.91 Å². The van der Waals surface area contributed by atoms with Gasteiger partial charge in [-0.3, -0.25) is 9.59 Å². The standard InChI is InChI=1S/C18H18N4O2S/c1-12(23)14-7-8-15(25-14)18-20-17(11-16(19)24)21-22(18)10-9-13-5-3-2-4-6-13/h2-8H,9-11H2,1H3,(H2,19,24). The minimum Gasteiger partial charge on any atom is -0.369 e. The van der Waals surface area contributed by atoms with Crippen LogP contribution in [0, 0.1) is 0 Å². The normalized spacial score (nSPS) is 10.8. The Morgan fingerprint density at radius 3 is 2.56 bits per heavy atom. The summed E-state index contributed by atoms with van der Waals surface area (Å²) in [6.45, 7) is 2.16. The second-order valence-corrected chi connectivity index (χ2v) is 6.76. The number of nitrogens with two attached hydrogens (primary N) is 1. The van der Waals surface area contributed by atoms with Crippen LogP contribution < -0.4 is 5.73 Å². The summed E-state index contributed by atoms with van der Waals surface area (Å²) in [4.78, 5) is 28.7. The van der Waals surface area contributed by atoms with E-state index in [2.05, 4.69) is 22.2 Å². The summed E-state index contributed by atoms with van der Waals surface area (Å²) in [6, 6.07) is 13.7. The maximum atomic E-state index is 11.5. The molecule has 0 aliphatic carbocycles. The Morgan fingerprint density at radius 1 is 1.16 bits per heavy atom. The van der Waals surface area contributed by atoms with Gasteiger partial charge in [0.15, 0.2) is 17.4 Å². The Kier molecular flexibility index (Phi) is 5.04. The molecular formula is C18H18N4O2S. The van der Waals surface area contributed by atoms with Crippen LogP contribution in [0.5, 0.6) is 0 Å². The van der Waals surface area contributed by atoms with E-state index in [-0.39, 0.29) is 12.2 Å². The maximum Gasteiger partial charge on any atom is 0.225 e. The summed E-state index contributed by atoms with van der Waals surface area (Å²) in [5, 5.41) is 4.42. The molecule has 3 aromatic rings. The van der Waals surface area contributed by atoms with Gasteiger partial charge in [-0.2, -0.15) is 5.10 Å². The summed E-state index contributed by atoms with van der Waals surface area (Å²) >= 11 is 1.37. The average molecular weight is 354 g/mol. The van der Waals surface area contributed by atoms with Crippen LogP contribution in [0.1, 0.15) is 28.0 Å². The fourth-order valence-electron chi connectivity index (χ4n) is 2.48. The van der Waals surface area contributed by atoms with Gasteiger partial charge in [0.1, 0.15) is 0 Å². The zero-order valence-corrected chi connectivity index (χ0v) is 14.6. The summed E-state index contributed by atoms with van der Waals surface area (Å²) in [5.74, 6) is 0.601. The summed E-state index contributed by atoms with van der Waals surface area (Å²) in [7, 11) is 0. The number of hydrogen-bond donors (Lipinski definition) is 1. The second kappa shape index (κ2) is 7.40. The first-order valence-corrected chi connectivity index (χ1v) is 8.71. The van der Waals surface area contributed by atoms with E-state index in [4.69, 9.17) is 5.73 Å². The highest BCUT2D eigenvalue weighted by atomic mass is 32.1. The minimum absolute atomic E-state index is 0.00369. The number of carbonyl (C=O) groups excluding carboxylic acids is 2. The van der Waals surface area contributed by atoms with Crippen molar-refractivity contribution in [2.45, 2.75) is 26.3 Å². The molecule has 2 N–H and O–H groups in total. The van der Waals surface area contributed by atoms with Crippen molar-refractivity contribution in [3.8, 4) is 10.7 Å². The van der Waals surface area contributed by atoms with Crippen molar-refractivity contribution in [2.24, 2.45) is 5.73 Å². The SMILES string of the molecule is CC(=O)c1ccc(-c2nc(CC(N)=O)nn2CCc2ccccc2)s1. The fraction of sp³-hybridized carbons (Fsp3) is 0.222. The van der Waals surface area contributed by atoms with Gasteiger partial charge in [0, 0.05) is 6.54 Å². The van der Waals surface area contributed by atoms with Crippen molar-refractivity contribution in [3.63, 3.8) is 0 Å². The molecular weight excluding hydrogens is 336 g/mol. The number of amides is 1. The Labute approximate surface area is 149 Å². The van der Waals surface area contributed by atoms with Crippen LogP contribution in [-0.4, -0.2) is 26.5 Å². The molecule has 0 saturated carbocycles. The predicted octanol–water partition coefficient (Wildman–Crippen LogP) is 2.48. The van der Waals surface area contributed by atoms with Gasteiger partial charge in [-0.1, -0.05) is 30.3 Å². The monoisotopic (exact) mass is 354 g/mol. The number of benzene rings is 1. The number of nitrogens with zero attached hydrogens (tertiary/aromatic N) is 3. The lowest BCUT2D eigenvalue weighted by Crippen LogP contribution is -2.15. The number of thiophene rings is 1. The third-order valence-electron chi connectivity index (χ3n) is 3.68. The first-order valence-electron chi connectivity index (χ1n) is 7.90. The van der Waals surface area contributed by atoms with Crippen molar-refractivity contribution < 1.29 is 9.59 Å². The van der Waals surface area contributed by atoms with E-state index >= 15 is 0 Å². The Hall–Kier alpha value is -2.80. The molecule has 0 saturated heterocycles. The number of hydrogen-bond acceptors (Lipinski definition) is 5. The Morgan fingerprint density at radius 2 is 1.92 bits per heavy atom. The van der Waals surface area contributed by atoms with Crippen LogP contribution in [-0.2, 0) is 24.2 Å². The van der Waals surface area contributed by atoms with Crippen LogP contribution in [0.15, 0.2) is 42.5 Å². The molecule has 0 aliphatic heterocycles. The lowest BCUT2D eigenvalue weighted by Gasteiger charge is -2.04. The molecule has 1 amide bonds. The van der Waals surface area contributed by atoms with E-state index in [9.17, 15) is 9.59 Å². The smallest absolute Gasteiger partial charge is 0.225 e. The van der Waals surface area contributed by atoms with Gasteiger partial charge in [0.2, 0.25) is 5.91 Å². The topological polar surface area (TPSA) is 90.9 Å². The molecule has 1 aromatic carbocycles. The summed E-state index contributed by atoms with van der Waals surface area (Å²) in [6.07, 6.45) is 0.786. The highest BCUT2D eigenvalue weighted by Crippen LogP contribution is 2.27. The molecule has 0 fully saturated rings. The average Bonchev–Trinajstić information content (AvgIpc) is 3.20. The molecule has 0 spiro atoms. The zero-order valence-electron chi connectivity index (χ0n) is 13.8. The van der Waals surface area contributed by atoms with Crippen LogP contribution >= 0.6 is 11.3 Å². The molecule has 2 heterocycles. The lowest BCUT2D eigenvalue weighted by molar-refractivity contribution is -0.117. The molecule has 0 unspecified atom stereocenters. The largest absolute Gasteiger partial charge is 0.369 e. The van der Waals surface area contributed by atoms with Gasteiger partial charge in [-0.05, 0) is 31.0 Å². The molecule has 128 valence electrons. The molecule has 25 heavy (non-hydrogen) atoms. The first-order chi connectivity index (χ1) is 12.0. The van der Waals surface area contributed by atoms with Crippen LogP contribution in [0.25, 0.3) is 10.7 Å². The highest BCUT2D eigenvalue weighted by molar-refractivity contribution is 7.17. The van der Waals surface area contributed by atoms with Crippen molar-refractivity contribution in [1.82, 2.24) is 14.8 Å². The van der Waals surface area contributed by atoms with Crippen LogP contribution in [0.3, 0.4) is 0 Å². The fourth-order valence-corrected chi connectivity index (χ4v) is 3.38. The number of aryl methyl sites for hydroxylation is 2. The minimum atomic E-state index is -0.470. The molecule has 6 nitrogen and oxygen atoms in total. The number of ketones is 1. The van der Waals surface area contributed by atoms with E-state index in [1.165, 1.54) is 23.8 Å². The van der Waals surface area contributed by atoms with E-state index in [0.29, 0.717) is 23.1 Å². The molecule has 0 aliphatic rings. The number of Topliss-reactive ketones (excluding diaryl/α,β-unsaturated/α-hetero) is 1. The van der Waals surface area contributed by atoms with Crippen molar-refractivity contribution >= 4 is 23.0 Å². The molecule has 0 bridgehead atoms. The quantitative estimate of drug-likeness (QED) is 0.660. The van der Waals surface area contributed by atoms with E-state index in [1.807, 2.05) is 24.3 Å². The van der Waals surface area contributed by atoms with Crippen LogP contribution in [0.2, 0.25) is 0 Å². The molecule has 0 radical (unpaired) electrons. The van der Waals surface area contributed by atoms with Crippen LogP contribution in [0.4, 0.5) is 0 Å². The van der Waals surface area contributed by atoms with E-state index in [1.54, 1.807) is 10.7 Å². The second-order valence-electron chi connectivity index (χ2n) is 5.67. The van der Waals surface area contributed by atoms with Crippen molar-refractivity contribution in [2.75, 3.05) is 0 Å². The van der Waals surface area contributed by atoms with Gasteiger partial charge in [0.05, 0.1) is 16.2 Å². The lowest BCUT2D eigenvalue weighted by atomic mass is 10.1. The molecule has 3 rings (SSSR count). The molecule has 2 aromatic heterocycles. The highest BCUT2D eigenvalue weighted by Gasteiger charge is 2.16. The third kappa shape index (κ3) is 4.19. The van der Waals surface area contributed by atoms with Gasteiger partial charge in [0.25, 0.3) is 0 Å². The predicted molar refractivity (Wildman–Crippen MR) is 96.4 cm³/mol. The third-order valence-corrected chi connectivity index (χ3v) is 4.86. The molecule has 7 heteroatoms. The number of primary amides is 1. The van der Waals surface area contributed by atoms with Gasteiger partial charge >= 0.3 is 0 Å². The number of rotatable bonds is 7. The van der Waals surface area contributed by atoms with Crippen molar-refractivity contribution in [1.29, 1.82) is 0 Å². The van der Waals surface area contributed by atoms with Gasteiger partial charge < -0.3 is 5.73 Å². The molecule has 0 atom stereocenters. The number of carbonyl (C=O) groups is 2. The Bertz CT molecular complexity index is 899.